The van der Waals surface area contributed by atoms with E-state index in [2.05, 4.69) is 53.4 Å². The van der Waals surface area contributed by atoms with E-state index in [4.69, 9.17) is 9.84 Å². The number of carbonyl (C=O) groups excluding carboxylic acids is 1. The third-order valence-corrected chi connectivity index (χ3v) is 6.86. The molecule has 1 heterocycles. The van der Waals surface area contributed by atoms with Gasteiger partial charge < -0.3 is 14.7 Å². The Morgan fingerprint density at radius 2 is 1.35 bits per heavy atom. The number of carboxylic acids is 1. The van der Waals surface area contributed by atoms with E-state index in [-0.39, 0.29) is 24.1 Å². The second-order valence-electron chi connectivity index (χ2n) is 8.84. The molecule has 0 atom stereocenters. The Balaban J connectivity index is 1.25. The number of carboxylic acid groups (broad SMARTS) is 1. The van der Waals surface area contributed by atoms with Crippen LogP contribution in [0.3, 0.4) is 0 Å². The molecule has 1 saturated heterocycles. The minimum absolute atomic E-state index is 0.0522. The van der Waals surface area contributed by atoms with Crippen LogP contribution >= 0.6 is 0 Å². The van der Waals surface area contributed by atoms with E-state index in [1.807, 2.05) is 4.90 Å². The van der Waals surface area contributed by atoms with Gasteiger partial charge >= 0.3 is 5.97 Å². The van der Waals surface area contributed by atoms with Gasteiger partial charge in [0.15, 0.2) is 6.61 Å². The third-order valence-electron chi connectivity index (χ3n) is 6.86. The summed E-state index contributed by atoms with van der Waals surface area (Å²) >= 11 is 0. The van der Waals surface area contributed by atoms with Gasteiger partial charge in [-0.15, -0.1) is 0 Å². The van der Waals surface area contributed by atoms with E-state index in [0.717, 1.165) is 25.9 Å². The summed E-state index contributed by atoms with van der Waals surface area (Å²) in [6.07, 6.45) is 2.10. The average molecular weight is 457 g/mol. The molecule has 174 valence electrons. The molecule has 6 nitrogen and oxygen atoms in total. The number of carbonyl (C=O) groups is 2. The van der Waals surface area contributed by atoms with Gasteiger partial charge in [0, 0.05) is 26.2 Å². The molecule has 1 amide bonds. The summed E-state index contributed by atoms with van der Waals surface area (Å²) in [6.45, 7) is 2.85. The minimum Gasteiger partial charge on any atom is -0.484 e. The van der Waals surface area contributed by atoms with E-state index >= 15 is 0 Å². The van der Waals surface area contributed by atoms with E-state index in [1.165, 1.54) is 34.4 Å². The fourth-order valence-electron chi connectivity index (χ4n) is 5.05. The van der Waals surface area contributed by atoms with Crippen LogP contribution in [-0.2, 0) is 17.6 Å². The molecular formula is C28H28N2O4. The van der Waals surface area contributed by atoms with Gasteiger partial charge in [0.25, 0.3) is 5.91 Å². The maximum atomic E-state index is 12.8. The van der Waals surface area contributed by atoms with Crippen LogP contribution in [0.25, 0.3) is 0 Å². The summed E-state index contributed by atoms with van der Waals surface area (Å²) in [6, 6.07) is 23.8. The van der Waals surface area contributed by atoms with Gasteiger partial charge in [0.05, 0.1) is 11.6 Å². The molecule has 3 aromatic rings. The highest BCUT2D eigenvalue weighted by Gasteiger charge is 2.31. The van der Waals surface area contributed by atoms with Gasteiger partial charge in [0.1, 0.15) is 5.75 Å². The number of fused-ring (bicyclic) bond motifs is 2. The second-order valence-corrected chi connectivity index (χ2v) is 8.84. The molecule has 1 fully saturated rings. The number of nitrogens with zero attached hydrogens (tertiary/aromatic N) is 2. The van der Waals surface area contributed by atoms with Crippen molar-refractivity contribution in [2.75, 3.05) is 32.8 Å². The smallest absolute Gasteiger partial charge is 0.335 e. The van der Waals surface area contributed by atoms with Crippen LogP contribution in [0.15, 0.2) is 72.8 Å². The molecule has 0 radical (unpaired) electrons. The molecule has 6 heteroatoms. The van der Waals surface area contributed by atoms with Crippen LogP contribution in [-0.4, -0.2) is 59.6 Å². The predicted molar refractivity (Wildman–Crippen MR) is 129 cm³/mol. The minimum atomic E-state index is -0.987. The molecule has 3 aromatic carbocycles. The highest BCUT2D eigenvalue weighted by atomic mass is 16.5. The third kappa shape index (κ3) is 4.54. The zero-order valence-corrected chi connectivity index (χ0v) is 19.0. The summed E-state index contributed by atoms with van der Waals surface area (Å²) in [7, 11) is 0. The van der Waals surface area contributed by atoms with Crippen molar-refractivity contribution in [1.29, 1.82) is 0 Å². The number of rotatable bonds is 5. The lowest BCUT2D eigenvalue weighted by Gasteiger charge is -2.40. The summed E-state index contributed by atoms with van der Waals surface area (Å²) in [5.74, 6) is -0.549. The molecule has 0 spiro atoms. The largest absolute Gasteiger partial charge is 0.484 e. The maximum Gasteiger partial charge on any atom is 0.335 e. The quantitative estimate of drug-likeness (QED) is 0.633. The summed E-state index contributed by atoms with van der Waals surface area (Å²) < 4.78 is 5.61. The fraction of sp³-hybridized carbons (Fsp3) is 0.286. The van der Waals surface area contributed by atoms with Gasteiger partial charge in [-0.1, -0.05) is 48.5 Å². The molecule has 0 aromatic heterocycles. The van der Waals surface area contributed by atoms with Crippen molar-refractivity contribution in [3.05, 3.63) is 101 Å². The van der Waals surface area contributed by atoms with Crippen LogP contribution in [0, 0.1) is 0 Å². The Morgan fingerprint density at radius 1 is 0.794 bits per heavy atom. The molecule has 0 saturated carbocycles. The van der Waals surface area contributed by atoms with Crippen LogP contribution in [0.5, 0.6) is 5.75 Å². The maximum absolute atomic E-state index is 12.8. The first-order valence-corrected chi connectivity index (χ1v) is 11.7. The van der Waals surface area contributed by atoms with Gasteiger partial charge in [-0.2, -0.15) is 0 Å². The van der Waals surface area contributed by atoms with Crippen molar-refractivity contribution in [2.24, 2.45) is 0 Å². The van der Waals surface area contributed by atoms with Crippen molar-refractivity contribution in [3.63, 3.8) is 0 Å². The number of benzene rings is 3. The Bertz CT molecular complexity index is 1140. The summed E-state index contributed by atoms with van der Waals surface area (Å²) in [5.41, 5.74) is 5.76. The Kier molecular flexibility index (Phi) is 6.32. The van der Waals surface area contributed by atoms with Crippen molar-refractivity contribution in [2.45, 2.75) is 18.9 Å². The zero-order chi connectivity index (χ0) is 23.5. The monoisotopic (exact) mass is 456 g/mol. The van der Waals surface area contributed by atoms with E-state index < -0.39 is 5.97 Å². The standard InChI is InChI=1S/C28H28N2O4/c31-26(19-34-23-13-11-22(12-14-23)28(32)33)29-15-17-30(18-16-29)27-24-7-3-1-5-20(24)9-10-21-6-2-4-8-25(21)27/h1-8,11-14,27H,9-10,15-19H2,(H,32,33). The van der Waals surface area contributed by atoms with Crippen molar-refractivity contribution in [1.82, 2.24) is 9.80 Å². The molecule has 0 unspecified atom stereocenters. The van der Waals surface area contributed by atoms with Crippen LogP contribution in [0.1, 0.15) is 38.7 Å². The zero-order valence-electron chi connectivity index (χ0n) is 19.0. The fourth-order valence-corrected chi connectivity index (χ4v) is 5.05. The average Bonchev–Trinajstić information content (AvgIpc) is 3.04. The molecule has 2 aliphatic rings. The Labute approximate surface area is 199 Å². The lowest BCUT2D eigenvalue weighted by molar-refractivity contribution is -0.135. The Hall–Kier alpha value is -3.64. The first-order chi connectivity index (χ1) is 16.6. The van der Waals surface area contributed by atoms with E-state index in [0.29, 0.717) is 18.8 Å². The molecule has 34 heavy (non-hydrogen) atoms. The SMILES string of the molecule is O=C(O)c1ccc(OCC(=O)N2CCN(C3c4ccccc4CCc4ccccc43)CC2)cc1. The number of piperazine rings is 1. The number of hydrogen-bond acceptors (Lipinski definition) is 4. The first kappa shape index (κ1) is 22.2. The van der Waals surface area contributed by atoms with E-state index in [1.54, 1.807) is 12.1 Å². The predicted octanol–water partition coefficient (Wildman–Crippen LogP) is 3.80. The van der Waals surface area contributed by atoms with Gasteiger partial charge in [0.2, 0.25) is 0 Å². The number of hydrogen-bond donors (Lipinski definition) is 1. The summed E-state index contributed by atoms with van der Waals surface area (Å²) in [5, 5.41) is 9.00. The van der Waals surface area contributed by atoms with Crippen LogP contribution in [0.2, 0.25) is 0 Å². The molecule has 1 N–H and O–H groups in total. The number of ether oxygens (including phenoxy) is 1. The van der Waals surface area contributed by atoms with Crippen molar-refractivity contribution >= 4 is 11.9 Å². The molecule has 1 aliphatic carbocycles. The second kappa shape index (κ2) is 9.69. The number of aromatic carboxylic acids is 1. The lowest BCUT2D eigenvalue weighted by atomic mass is 9.93. The topological polar surface area (TPSA) is 70.1 Å². The van der Waals surface area contributed by atoms with Crippen LogP contribution < -0.4 is 4.74 Å². The first-order valence-electron chi connectivity index (χ1n) is 11.7. The number of amides is 1. The van der Waals surface area contributed by atoms with Crippen molar-refractivity contribution < 1.29 is 19.4 Å². The normalized spacial score (nSPS) is 16.3. The lowest BCUT2D eigenvalue weighted by Crippen LogP contribution is -2.51. The van der Waals surface area contributed by atoms with Gasteiger partial charge in [-0.3, -0.25) is 9.69 Å². The van der Waals surface area contributed by atoms with Crippen LogP contribution in [0.4, 0.5) is 0 Å². The molecule has 0 bridgehead atoms. The summed E-state index contributed by atoms with van der Waals surface area (Å²) in [4.78, 5) is 28.1. The van der Waals surface area contributed by atoms with E-state index in [9.17, 15) is 9.59 Å². The van der Waals surface area contributed by atoms with Crippen molar-refractivity contribution in [3.8, 4) is 5.75 Å². The highest BCUT2D eigenvalue weighted by Crippen LogP contribution is 2.37. The number of aryl methyl sites for hydroxylation is 2. The van der Waals surface area contributed by atoms with Gasteiger partial charge in [-0.05, 0) is 59.4 Å². The highest BCUT2D eigenvalue weighted by molar-refractivity contribution is 5.87. The Morgan fingerprint density at radius 3 is 1.91 bits per heavy atom. The molecular weight excluding hydrogens is 428 g/mol. The molecule has 5 rings (SSSR count). The molecule has 1 aliphatic heterocycles. The van der Waals surface area contributed by atoms with Gasteiger partial charge in [-0.25, -0.2) is 4.79 Å².